The molecule has 1 heterocycles. The Morgan fingerprint density at radius 3 is 2.61 bits per heavy atom. The molecule has 0 atom stereocenters. The van der Waals surface area contributed by atoms with Gasteiger partial charge in [-0.1, -0.05) is 17.7 Å². The molecule has 1 aromatic carbocycles. The van der Waals surface area contributed by atoms with Gasteiger partial charge in [0.25, 0.3) is 0 Å². The third kappa shape index (κ3) is 4.02. The van der Waals surface area contributed by atoms with Crippen LogP contribution in [0.15, 0.2) is 18.2 Å². The van der Waals surface area contributed by atoms with E-state index in [4.69, 9.17) is 22.1 Å². The third-order valence-electron chi connectivity index (χ3n) is 3.25. The minimum absolute atomic E-state index is 0. The van der Waals surface area contributed by atoms with Crippen LogP contribution >= 0.6 is 24.0 Å². The van der Waals surface area contributed by atoms with Gasteiger partial charge in [0.05, 0.1) is 12.1 Å². The van der Waals surface area contributed by atoms with Crippen LogP contribution in [0.5, 0.6) is 5.75 Å². The number of nitrogens with two attached hydrogens (primary N) is 1. The highest BCUT2D eigenvalue weighted by Gasteiger charge is 2.16. The highest BCUT2D eigenvalue weighted by Crippen LogP contribution is 2.25. The molecule has 0 unspecified atom stereocenters. The maximum absolute atomic E-state index is 6.11. The minimum Gasteiger partial charge on any atom is -0.495 e. The predicted molar refractivity (Wildman–Crippen MR) is 77.7 cm³/mol. The van der Waals surface area contributed by atoms with Gasteiger partial charge in [-0.05, 0) is 43.6 Å². The largest absolute Gasteiger partial charge is 0.495 e. The zero-order chi connectivity index (χ0) is 12.3. The summed E-state index contributed by atoms with van der Waals surface area (Å²) >= 11 is 6.11. The molecule has 2 N–H and O–H groups in total. The summed E-state index contributed by atoms with van der Waals surface area (Å²) in [6.07, 6.45) is 2.17. The average Bonchev–Trinajstić information content (AvgIpc) is 2.32. The van der Waals surface area contributed by atoms with Crippen LogP contribution in [-0.4, -0.2) is 31.1 Å². The number of rotatable bonds is 3. The molecule has 0 amide bonds. The van der Waals surface area contributed by atoms with Gasteiger partial charge in [0, 0.05) is 12.6 Å². The third-order valence-corrected chi connectivity index (χ3v) is 3.55. The van der Waals surface area contributed by atoms with E-state index < -0.39 is 0 Å². The SMILES string of the molecule is COc1ccc(CN2CCC(N)CC2)cc1Cl.Cl. The van der Waals surface area contributed by atoms with E-state index in [0.717, 1.165) is 38.2 Å². The molecule has 1 saturated heterocycles. The standard InChI is InChI=1S/C13H19ClN2O.ClH/c1-17-13-3-2-10(8-12(13)14)9-16-6-4-11(15)5-7-16;/h2-3,8,11H,4-7,9,15H2,1H3;1H. The molecular formula is C13H20Cl2N2O. The molecule has 0 aromatic heterocycles. The van der Waals surface area contributed by atoms with Crippen molar-refractivity contribution in [2.24, 2.45) is 5.73 Å². The highest BCUT2D eigenvalue weighted by molar-refractivity contribution is 6.32. The van der Waals surface area contributed by atoms with Crippen LogP contribution in [0.4, 0.5) is 0 Å². The summed E-state index contributed by atoms with van der Waals surface area (Å²) in [5.41, 5.74) is 7.12. The summed E-state index contributed by atoms with van der Waals surface area (Å²) in [7, 11) is 1.63. The van der Waals surface area contributed by atoms with Crippen LogP contribution in [0.25, 0.3) is 0 Å². The Bertz CT molecular complexity index is 379. The Balaban J connectivity index is 0.00000162. The van der Waals surface area contributed by atoms with Gasteiger partial charge in [0.2, 0.25) is 0 Å². The molecule has 0 bridgehead atoms. The first-order valence-electron chi connectivity index (χ1n) is 5.99. The monoisotopic (exact) mass is 290 g/mol. The molecule has 1 aliphatic heterocycles. The van der Waals surface area contributed by atoms with Crippen molar-refractivity contribution in [1.29, 1.82) is 0 Å². The van der Waals surface area contributed by atoms with Crippen molar-refractivity contribution >= 4 is 24.0 Å². The summed E-state index contributed by atoms with van der Waals surface area (Å²) in [4.78, 5) is 2.42. The number of hydrogen-bond donors (Lipinski definition) is 1. The highest BCUT2D eigenvalue weighted by atomic mass is 35.5. The Hall–Kier alpha value is -0.480. The molecule has 102 valence electrons. The Morgan fingerprint density at radius 2 is 2.06 bits per heavy atom. The first kappa shape index (κ1) is 15.6. The second kappa shape index (κ2) is 7.19. The van der Waals surface area contributed by atoms with Gasteiger partial charge in [-0.25, -0.2) is 0 Å². The van der Waals surface area contributed by atoms with E-state index in [1.165, 1.54) is 5.56 Å². The molecule has 0 aliphatic carbocycles. The first-order chi connectivity index (χ1) is 8.19. The van der Waals surface area contributed by atoms with E-state index in [-0.39, 0.29) is 12.4 Å². The molecule has 18 heavy (non-hydrogen) atoms. The van der Waals surface area contributed by atoms with Crippen molar-refractivity contribution < 1.29 is 4.74 Å². The summed E-state index contributed by atoms with van der Waals surface area (Å²) in [6, 6.07) is 6.35. The average molecular weight is 291 g/mol. The van der Waals surface area contributed by atoms with Gasteiger partial charge < -0.3 is 10.5 Å². The van der Waals surface area contributed by atoms with E-state index in [2.05, 4.69) is 11.0 Å². The van der Waals surface area contributed by atoms with Crippen molar-refractivity contribution in [3.8, 4) is 5.75 Å². The molecule has 2 rings (SSSR count). The maximum atomic E-state index is 6.11. The summed E-state index contributed by atoms with van der Waals surface area (Å²) in [5.74, 6) is 0.732. The molecule has 0 spiro atoms. The number of hydrogen-bond acceptors (Lipinski definition) is 3. The predicted octanol–water partition coefficient (Wildman–Crippen LogP) is 2.69. The molecule has 0 radical (unpaired) electrons. The van der Waals surface area contributed by atoms with Crippen LogP contribution in [0.1, 0.15) is 18.4 Å². The topological polar surface area (TPSA) is 38.5 Å². The fraction of sp³-hybridized carbons (Fsp3) is 0.538. The Morgan fingerprint density at radius 1 is 1.39 bits per heavy atom. The normalized spacial score (nSPS) is 17.3. The number of methoxy groups -OCH3 is 1. The maximum Gasteiger partial charge on any atom is 0.137 e. The van der Waals surface area contributed by atoms with Crippen molar-refractivity contribution in [3.63, 3.8) is 0 Å². The van der Waals surface area contributed by atoms with Crippen LogP contribution in [0, 0.1) is 0 Å². The summed E-state index contributed by atoms with van der Waals surface area (Å²) < 4.78 is 5.14. The second-order valence-electron chi connectivity index (χ2n) is 4.58. The molecule has 1 aliphatic rings. The fourth-order valence-corrected chi connectivity index (χ4v) is 2.46. The van der Waals surface area contributed by atoms with Gasteiger partial charge in [-0.2, -0.15) is 0 Å². The first-order valence-corrected chi connectivity index (χ1v) is 6.37. The zero-order valence-electron chi connectivity index (χ0n) is 10.6. The van der Waals surface area contributed by atoms with Crippen molar-refractivity contribution in [2.75, 3.05) is 20.2 Å². The summed E-state index contributed by atoms with van der Waals surface area (Å²) in [6.45, 7) is 3.09. The lowest BCUT2D eigenvalue weighted by Crippen LogP contribution is -2.39. The molecule has 3 nitrogen and oxygen atoms in total. The van der Waals surface area contributed by atoms with Gasteiger partial charge in [-0.3, -0.25) is 4.90 Å². The molecule has 0 saturated carbocycles. The zero-order valence-corrected chi connectivity index (χ0v) is 12.1. The molecular weight excluding hydrogens is 271 g/mol. The number of benzene rings is 1. The lowest BCUT2D eigenvalue weighted by Gasteiger charge is -2.30. The lowest BCUT2D eigenvalue weighted by atomic mass is 10.1. The smallest absolute Gasteiger partial charge is 0.137 e. The van der Waals surface area contributed by atoms with E-state index in [1.54, 1.807) is 7.11 Å². The second-order valence-corrected chi connectivity index (χ2v) is 4.99. The van der Waals surface area contributed by atoms with Crippen molar-refractivity contribution in [3.05, 3.63) is 28.8 Å². The number of halogens is 2. The van der Waals surface area contributed by atoms with Gasteiger partial charge in [0.15, 0.2) is 0 Å². The minimum atomic E-state index is 0. The number of piperidine rings is 1. The van der Waals surface area contributed by atoms with Crippen LogP contribution in [0.2, 0.25) is 5.02 Å². The van der Waals surface area contributed by atoms with Crippen LogP contribution < -0.4 is 10.5 Å². The number of likely N-dealkylation sites (tertiary alicyclic amines) is 1. The van der Waals surface area contributed by atoms with Gasteiger partial charge in [0.1, 0.15) is 5.75 Å². The van der Waals surface area contributed by atoms with Gasteiger partial charge in [-0.15, -0.1) is 12.4 Å². The number of nitrogens with zero attached hydrogens (tertiary/aromatic N) is 1. The Labute approximate surface area is 120 Å². The lowest BCUT2D eigenvalue weighted by molar-refractivity contribution is 0.205. The number of ether oxygens (including phenoxy) is 1. The van der Waals surface area contributed by atoms with Crippen LogP contribution in [0.3, 0.4) is 0 Å². The fourth-order valence-electron chi connectivity index (χ4n) is 2.18. The quantitative estimate of drug-likeness (QED) is 0.930. The van der Waals surface area contributed by atoms with Crippen molar-refractivity contribution in [2.45, 2.75) is 25.4 Å². The van der Waals surface area contributed by atoms with Crippen LogP contribution in [-0.2, 0) is 6.54 Å². The Kier molecular flexibility index (Phi) is 6.22. The van der Waals surface area contributed by atoms with E-state index in [9.17, 15) is 0 Å². The van der Waals surface area contributed by atoms with E-state index >= 15 is 0 Å². The molecule has 5 heteroatoms. The summed E-state index contributed by atoms with van der Waals surface area (Å²) in [5, 5.41) is 0.679. The molecule has 1 aromatic rings. The van der Waals surface area contributed by atoms with E-state index in [0.29, 0.717) is 11.1 Å². The van der Waals surface area contributed by atoms with E-state index in [1.807, 2.05) is 12.1 Å². The molecule has 1 fully saturated rings. The van der Waals surface area contributed by atoms with Gasteiger partial charge >= 0.3 is 0 Å². The van der Waals surface area contributed by atoms with Crippen molar-refractivity contribution in [1.82, 2.24) is 4.90 Å².